The van der Waals surface area contributed by atoms with Crippen LogP contribution in [0.2, 0.25) is 0 Å². The lowest BCUT2D eigenvalue weighted by atomic mass is 10.1. The van der Waals surface area contributed by atoms with Crippen molar-refractivity contribution in [3.63, 3.8) is 0 Å². The molecule has 4 heteroatoms. The quantitative estimate of drug-likeness (QED) is 0.788. The SMILES string of the molecule is CCCCc1ccc(-n2c(N)nc3cccnc32)cc1. The Kier molecular flexibility index (Phi) is 3.37. The third-order valence-electron chi connectivity index (χ3n) is 3.46. The van der Waals surface area contributed by atoms with Gasteiger partial charge in [0.2, 0.25) is 5.95 Å². The predicted octanol–water partition coefficient (Wildman–Crippen LogP) is 3.35. The molecule has 0 unspecified atom stereocenters. The number of unbranched alkanes of at least 4 members (excludes halogenated alkanes) is 1. The minimum atomic E-state index is 0.472. The van der Waals surface area contributed by atoms with Crippen molar-refractivity contribution in [1.82, 2.24) is 14.5 Å². The fraction of sp³-hybridized carbons (Fsp3) is 0.250. The molecule has 20 heavy (non-hydrogen) atoms. The Bertz CT molecular complexity index is 713. The summed E-state index contributed by atoms with van der Waals surface area (Å²) in [5.74, 6) is 0.472. The first-order chi connectivity index (χ1) is 9.79. The zero-order valence-corrected chi connectivity index (χ0v) is 11.6. The lowest BCUT2D eigenvalue weighted by Gasteiger charge is -2.07. The molecular weight excluding hydrogens is 248 g/mol. The second-order valence-electron chi connectivity index (χ2n) is 4.92. The zero-order chi connectivity index (χ0) is 13.9. The number of imidazole rings is 1. The Morgan fingerprint density at radius 3 is 2.70 bits per heavy atom. The van der Waals surface area contributed by atoms with E-state index >= 15 is 0 Å². The molecule has 0 atom stereocenters. The maximum atomic E-state index is 6.02. The zero-order valence-electron chi connectivity index (χ0n) is 11.6. The van der Waals surface area contributed by atoms with Crippen LogP contribution < -0.4 is 5.73 Å². The molecular formula is C16H18N4. The van der Waals surface area contributed by atoms with Gasteiger partial charge in [0, 0.05) is 6.20 Å². The summed E-state index contributed by atoms with van der Waals surface area (Å²) in [6.45, 7) is 2.21. The highest BCUT2D eigenvalue weighted by Gasteiger charge is 2.10. The third-order valence-corrected chi connectivity index (χ3v) is 3.46. The lowest BCUT2D eigenvalue weighted by Crippen LogP contribution is -2.01. The summed E-state index contributed by atoms with van der Waals surface area (Å²) in [4.78, 5) is 8.71. The normalized spacial score (nSPS) is 11.1. The molecule has 4 nitrogen and oxygen atoms in total. The van der Waals surface area contributed by atoms with Gasteiger partial charge in [0.05, 0.1) is 5.69 Å². The second kappa shape index (κ2) is 5.33. The molecule has 0 aliphatic carbocycles. The summed E-state index contributed by atoms with van der Waals surface area (Å²) in [6.07, 6.45) is 5.31. The van der Waals surface area contributed by atoms with Crippen molar-refractivity contribution < 1.29 is 0 Å². The van der Waals surface area contributed by atoms with E-state index in [1.165, 1.54) is 18.4 Å². The van der Waals surface area contributed by atoms with E-state index in [2.05, 4.69) is 41.2 Å². The Morgan fingerprint density at radius 1 is 1.15 bits per heavy atom. The Hall–Kier alpha value is -2.36. The molecule has 0 saturated heterocycles. The molecule has 3 rings (SSSR count). The van der Waals surface area contributed by atoms with Gasteiger partial charge < -0.3 is 5.73 Å². The molecule has 2 heterocycles. The van der Waals surface area contributed by atoms with E-state index < -0.39 is 0 Å². The molecule has 0 aliphatic heterocycles. The lowest BCUT2D eigenvalue weighted by molar-refractivity contribution is 0.795. The van der Waals surface area contributed by atoms with Gasteiger partial charge in [-0.1, -0.05) is 25.5 Å². The fourth-order valence-corrected chi connectivity index (χ4v) is 2.38. The van der Waals surface area contributed by atoms with E-state index in [1.807, 2.05) is 16.7 Å². The molecule has 3 aromatic rings. The standard InChI is InChI=1S/C16H18N4/c1-2-3-5-12-7-9-13(10-8-12)20-15-14(19-16(20)17)6-4-11-18-15/h4,6-11H,2-3,5H2,1H3,(H2,17,19). The summed E-state index contributed by atoms with van der Waals surface area (Å²) in [7, 11) is 0. The van der Waals surface area contributed by atoms with Crippen LogP contribution in [0, 0.1) is 0 Å². The molecule has 0 radical (unpaired) electrons. The van der Waals surface area contributed by atoms with E-state index in [0.29, 0.717) is 5.95 Å². The monoisotopic (exact) mass is 266 g/mol. The number of fused-ring (bicyclic) bond motifs is 1. The Balaban J connectivity index is 2.00. The van der Waals surface area contributed by atoms with Gasteiger partial charge in [-0.3, -0.25) is 4.57 Å². The van der Waals surface area contributed by atoms with Crippen LogP contribution in [0.25, 0.3) is 16.9 Å². The highest BCUT2D eigenvalue weighted by molar-refractivity contribution is 5.76. The number of nitrogens with zero attached hydrogens (tertiary/aromatic N) is 3. The number of benzene rings is 1. The molecule has 0 spiro atoms. The van der Waals surface area contributed by atoms with Crippen molar-refractivity contribution >= 4 is 17.1 Å². The third kappa shape index (κ3) is 2.25. The summed E-state index contributed by atoms with van der Waals surface area (Å²) in [5.41, 5.74) is 9.99. The number of nitrogens with two attached hydrogens (primary N) is 1. The molecule has 102 valence electrons. The number of pyridine rings is 1. The maximum absolute atomic E-state index is 6.02. The summed E-state index contributed by atoms with van der Waals surface area (Å²) >= 11 is 0. The van der Waals surface area contributed by atoms with Crippen LogP contribution in [0.1, 0.15) is 25.3 Å². The summed E-state index contributed by atoms with van der Waals surface area (Å²) in [5, 5.41) is 0. The molecule has 2 aromatic heterocycles. The van der Waals surface area contributed by atoms with Crippen molar-refractivity contribution in [2.75, 3.05) is 5.73 Å². The van der Waals surface area contributed by atoms with Gasteiger partial charge in [-0.25, -0.2) is 9.97 Å². The van der Waals surface area contributed by atoms with Gasteiger partial charge in [-0.2, -0.15) is 0 Å². The average molecular weight is 266 g/mol. The van der Waals surface area contributed by atoms with Gasteiger partial charge in [-0.05, 0) is 42.7 Å². The molecule has 1 aromatic carbocycles. The number of aromatic nitrogens is 3. The smallest absolute Gasteiger partial charge is 0.207 e. The van der Waals surface area contributed by atoms with Crippen LogP contribution in [0.15, 0.2) is 42.6 Å². The fourth-order valence-electron chi connectivity index (χ4n) is 2.38. The first-order valence-corrected chi connectivity index (χ1v) is 6.98. The van der Waals surface area contributed by atoms with E-state index in [9.17, 15) is 0 Å². The van der Waals surface area contributed by atoms with Gasteiger partial charge in [0.25, 0.3) is 0 Å². The van der Waals surface area contributed by atoms with Gasteiger partial charge in [0.15, 0.2) is 5.65 Å². The topological polar surface area (TPSA) is 56.7 Å². The second-order valence-corrected chi connectivity index (χ2v) is 4.92. The van der Waals surface area contributed by atoms with Gasteiger partial charge in [0.1, 0.15) is 5.52 Å². The molecule has 0 bridgehead atoms. The predicted molar refractivity (Wildman–Crippen MR) is 81.9 cm³/mol. The molecule has 0 saturated carbocycles. The molecule has 2 N–H and O–H groups in total. The number of nitrogen functional groups attached to an aromatic ring is 1. The largest absolute Gasteiger partial charge is 0.369 e. The van der Waals surface area contributed by atoms with Crippen LogP contribution in [-0.4, -0.2) is 14.5 Å². The van der Waals surface area contributed by atoms with E-state index in [0.717, 1.165) is 23.3 Å². The number of aryl methyl sites for hydroxylation is 1. The van der Waals surface area contributed by atoms with Gasteiger partial charge in [-0.15, -0.1) is 0 Å². The molecule has 0 fully saturated rings. The first-order valence-electron chi connectivity index (χ1n) is 6.98. The van der Waals surface area contributed by atoms with E-state index in [1.54, 1.807) is 6.20 Å². The number of hydrogen-bond acceptors (Lipinski definition) is 3. The van der Waals surface area contributed by atoms with Crippen molar-refractivity contribution in [2.24, 2.45) is 0 Å². The average Bonchev–Trinajstić information content (AvgIpc) is 2.81. The van der Waals surface area contributed by atoms with Gasteiger partial charge >= 0.3 is 0 Å². The van der Waals surface area contributed by atoms with Crippen LogP contribution in [0.5, 0.6) is 0 Å². The minimum Gasteiger partial charge on any atom is -0.369 e. The first kappa shape index (κ1) is 12.7. The number of anilines is 1. The summed E-state index contributed by atoms with van der Waals surface area (Å²) < 4.78 is 1.89. The highest BCUT2D eigenvalue weighted by atomic mass is 15.2. The highest BCUT2D eigenvalue weighted by Crippen LogP contribution is 2.21. The van der Waals surface area contributed by atoms with Crippen molar-refractivity contribution in [3.05, 3.63) is 48.2 Å². The molecule has 0 amide bonds. The van der Waals surface area contributed by atoms with Crippen molar-refractivity contribution in [1.29, 1.82) is 0 Å². The van der Waals surface area contributed by atoms with Crippen LogP contribution >= 0.6 is 0 Å². The van der Waals surface area contributed by atoms with Crippen molar-refractivity contribution in [3.8, 4) is 5.69 Å². The van der Waals surface area contributed by atoms with E-state index in [-0.39, 0.29) is 0 Å². The Labute approximate surface area is 118 Å². The Morgan fingerprint density at radius 2 is 1.95 bits per heavy atom. The number of hydrogen-bond donors (Lipinski definition) is 1. The summed E-state index contributed by atoms with van der Waals surface area (Å²) in [6, 6.07) is 12.3. The van der Waals surface area contributed by atoms with Crippen molar-refractivity contribution in [2.45, 2.75) is 26.2 Å². The number of rotatable bonds is 4. The van der Waals surface area contributed by atoms with Crippen LogP contribution in [0.4, 0.5) is 5.95 Å². The van der Waals surface area contributed by atoms with Crippen LogP contribution in [0.3, 0.4) is 0 Å². The van der Waals surface area contributed by atoms with Crippen LogP contribution in [-0.2, 0) is 6.42 Å². The van der Waals surface area contributed by atoms with E-state index in [4.69, 9.17) is 5.73 Å². The molecule has 0 aliphatic rings. The maximum Gasteiger partial charge on any atom is 0.207 e. The minimum absolute atomic E-state index is 0.472.